The minimum absolute atomic E-state index is 0.0690. The summed E-state index contributed by atoms with van der Waals surface area (Å²) in [5, 5.41) is 5.64. The van der Waals surface area contributed by atoms with Crippen LogP contribution in [0, 0.1) is 0 Å². The molecule has 1 aromatic rings. The van der Waals surface area contributed by atoms with Crippen molar-refractivity contribution >= 4 is 23.3 Å². The highest BCUT2D eigenvalue weighted by molar-refractivity contribution is 7.12. The second-order valence-electron chi connectivity index (χ2n) is 6.35. The normalized spacial score (nSPS) is 20.7. The van der Waals surface area contributed by atoms with Gasteiger partial charge in [0, 0.05) is 23.3 Å². The fourth-order valence-corrected chi connectivity index (χ4v) is 4.73. The Hall–Kier alpha value is -1.56. The number of rotatable bonds is 3. The summed E-state index contributed by atoms with van der Waals surface area (Å²) in [4.78, 5) is 28.6. The van der Waals surface area contributed by atoms with Crippen LogP contribution in [0.25, 0.3) is 0 Å². The smallest absolute Gasteiger partial charge is 0.318 e. The van der Waals surface area contributed by atoms with E-state index < -0.39 is 0 Å². The first-order valence-corrected chi connectivity index (χ1v) is 9.37. The molecule has 126 valence electrons. The fraction of sp³-hybridized carbons (Fsp3) is 0.647. The Labute approximate surface area is 141 Å². The molecule has 2 N–H and O–H groups in total. The number of nitrogens with zero attached hydrogens (tertiary/aromatic N) is 1. The molecule has 1 atom stereocenters. The van der Waals surface area contributed by atoms with Gasteiger partial charge in [-0.3, -0.25) is 4.79 Å². The van der Waals surface area contributed by atoms with Crippen LogP contribution in [0.4, 0.5) is 4.79 Å². The van der Waals surface area contributed by atoms with Gasteiger partial charge < -0.3 is 15.5 Å². The third-order valence-electron chi connectivity index (χ3n) is 4.77. The number of hydrogen-bond acceptors (Lipinski definition) is 3. The van der Waals surface area contributed by atoms with Crippen LogP contribution in [0.1, 0.15) is 47.4 Å². The van der Waals surface area contributed by atoms with Gasteiger partial charge in [-0.2, -0.15) is 0 Å². The van der Waals surface area contributed by atoms with Crippen LogP contribution in [0.15, 0.2) is 6.07 Å². The number of nitrogens with one attached hydrogen (secondary N) is 2. The van der Waals surface area contributed by atoms with E-state index >= 15 is 0 Å². The number of likely N-dealkylation sites (tertiary alicyclic amines) is 1. The first kappa shape index (κ1) is 16.3. The quantitative estimate of drug-likeness (QED) is 0.834. The van der Waals surface area contributed by atoms with Crippen LogP contribution in [-0.4, -0.2) is 36.5 Å². The molecule has 1 aromatic heterocycles. The molecule has 2 aliphatic rings. The topological polar surface area (TPSA) is 61.4 Å². The number of carbonyl (C=O) groups is 2. The highest BCUT2D eigenvalue weighted by atomic mass is 32.1. The van der Waals surface area contributed by atoms with Crippen molar-refractivity contribution in [3.63, 3.8) is 0 Å². The van der Waals surface area contributed by atoms with E-state index in [1.54, 1.807) is 11.9 Å². The standard InChI is InChI=1S/C17H25N3O2S/c1-18-16(21)14-7-5-9-20(14)17(22)19-11-13-10-12-6-3-2-4-8-15(12)23-13/h10,14H,2-9,11H2,1H3,(H,18,21)(H,19,22). The summed E-state index contributed by atoms with van der Waals surface area (Å²) in [6.07, 6.45) is 7.87. The number of likely N-dealkylation sites (N-methyl/N-ethyl adjacent to an activating group) is 1. The number of urea groups is 1. The summed E-state index contributed by atoms with van der Waals surface area (Å²) in [6.45, 7) is 1.22. The molecule has 1 aliphatic heterocycles. The predicted molar refractivity (Wildman–Crippen MR) is 91.6 cm³/mol. The number of aryl methyl sites for hydroxylation is 2. The van der Waals surface area contributed by atoms with E-state index in [1.165, 1.54) is 47.4 Å². The Bertz CT molecular complexity index is 561. The summed E-state index contributed by atoms with van der Waals surface area (Å²) < 4.78 is 0. The molecule has 5 nitrogen and oxygen atoms in total. The van der Waals surface area contributed by atoms with Crippen LogP contribution in [0.5, 0.6) is 0 Å². The Balaban J connectivity index is 1.57. The van der Waals surface area contributed by atoms with E-state index in [1.807, 2.05) is 11.3 Å². The molecule has 3 amide bonds. The van der Waals surface area contributed by atoms with Crippen molar-refractivity contribution in [2.75, 3.05) is 13.6 Å². The van der Waals surface area contributed by atoms with Gasteiger partial charge in [-0.05, 0) is 50.2 Å². The van der Waals surface area contributed by atoms with Gasteiger partial charge in [0.15, 0.2) is 0 Å². The molecular weight excluding hydrogens is 310 g/mol. The lowest BCUT2D eigenvalue weighted by atomic mass is 10.1. The van der Waals surface area contributed by atoms with Gasteiger partial charge in [0.25, 0.3) is 0 Å². The third-order valence-corrected chi connectivity index (χ3v) is 6.01. The van der Waals surface area contributed by atoms with Crippen LogP contribution < -0.4 is 10.6 Å². The Kier molecular flexibility index (Phi) is 5.20. The van der Waals surface area contributed by atoms with E-state index in [0.717, 1.165) is 12.8 Å². The maximum absolute atomic E-state index is 12.4. The third kappa shape index (κ3) is 3.68. The number of amides is 3. The Morgan fingerprint density at radius 1 is 1.26 bits per heavy atom. The van der Waals surface area contributed by atoms with Gasteiger partial charge in [0.1, 0.15) is 6.04 Å². The molecule has 0 bridgehead atoms. The Morgan fingerprint density at radius 2 is 2.09 bits per heavy atom. The Morgan fingerprint density at radius 3 is 2.91 bits per heavy atom. The van der Waals surface area contributed by atoms with Crippen molar-refractivity contribution in [1.29, 1.82) is 0 Å². The summed E-state index contributed by atoms with van der Waals surface area (Å²) in [5.41, 5.74) is 1.47. The zero-order valence-electron chi connectivity index (χ0n) is 13.7. The number of thiophene rings is 1. The number of carbonyl (C=O) groups excluding carboxylic acids is 2. The van der Waals surface area contributed by atoms with Crippen molar-refractivity contribution in [2.45, 2.75) is 57.5 Å². The number of hydrogen-bond donors (Lipinski definition) is 2. The summed E-state index contributed by atoms with van der Waals surface area (Å²) in [5.74, 6) is -0.0690. The molecule has 6 heteroatoms. The summed E-state index contributed by atoms with van der Waals surface area (Å²) >= 11 is 1.83. The van der Waals surface area contributed by atoms with E-state index in [9.17, 15) is 9.59 Å². The highest BCUT2D eigenvalue weighted by Gasteiger charge is 2.33. The van der Waals surface area contributed by atoms with Crippen molar-refractivity contribution < 1.29 is 9.59 Å². The van der Waals surface area contributed by atoms with Crippen LogP contribution in [0.3, 0.4) is 0 Å². The van der Waals surface area contributed by atoms with Crippen molar-refractivity contribution in [2.24, 2.45) is 0 Å². The maximum Gasteiger partial charge on any atom is 0.318 e. The van der Waals surface area contributed by atoms with Crippen molar-refractivity contribution in [3.8, 4) is 0 Å². The molecule has 1 fully saturated rings. The molecule has 0 aromatic carbocycles. The largest absolute Gasteiger partial charge is 0.357 e. The van der Waals surface area contributed by atoms with Gasteiger partial charge in [-0.25, -0.2) is 4.79 Å². The SMILES string of the molecule is CNC(=O)C1CCCN1C(=O)NCc1cc2c(s1)CCCCC2. The molecule has 0 saturated carbocycles. The van der Waals surface area contributed by atoms with Gasteiger partial charge in [-0.15, -0.1) is 11.3 Å². The first-order chi connectivity index (χ1) is 11.2. The van der Waals surface area contributed by atoms with Crippen molar-refractivity contribution in [1.82, 2.24) is 15.5 Å². The highest BCUT2D eigenvalue weighted by Crippen LogP contribution is 2.29. The zero-order chi connectivity index (χ0) is 16.2. The van der Waals surface area contributed by atoms with Crippen LogP contribution in [0.2, 0.25) is 0 Å². The van der Waals surface area contributed by atoms with E-state index in [2.05, 4.69) is 16.7 Å². The molecule has 2 heterocycles. The molecule has 0 radical (unpaired) electrons. The predicted octanol–water partition coefficient (Wildman–Crippen LogP) is 2.44. The van der Waals surface area contributed by atoms with E-state index in [0.29, 0.717) is 13.1 Å². The lowest BCUT2D eigenvalue weighted by Crippen LogP contribution is -2.48. The first-order valence-electron chi connectivity index (χ1n) is 8.55. The molecular formula is C17H25N3O2S. The minimum atomic E-state index is -0.319. The van der Waals surface area contributed by atoms with Gasteiger partial charge in [0.05, 0.1) is 6.54 Å². The van der Waals surface area contributed by atoms with Crippen LogP contribution in [-0.2, 0) is 24.2 Å². The van der Waals surface area contributed by atoms with E-state index in [-0.39, 0.29) is 18.0 Å². The molecule has 1 aliphatic carbocycles. The van der Waals surface area contributed by atoms with Gasteiger partial charge in [-0.1, -0.05) is 6.42 Å². The minimum Gasteiger partial charge on any atom is -0.357 e. The molecule has 23 heavy (non-hydrogen) atoms. The van der Waals surface area contributed by atoms with Crippen LogP contribution >= 0.6 is 11.3 Å². The fourth-order valence-electron chi connectivity index (χ4n) is 3.53. The van der Waals surface area contributed by atoms with E-state index in [4.69, 9.17) is 0 Å². The summed E-state index contributed by atoms with van der Waals surface area (Å²) in [6, 6.07) is 1.81. The second kappa shape index (κ2) is 7.34. The van der Waals surface area contributed by atoms with Gasteiger partial charge >= 0.3 is 6.03 Å². The van der Waals surface area contributed by atoms with Crippen molar-refractivity contribution in [3.05, 3.63) is 21.4 Å². The second-order valence-corrected chi connectivity index (χ2v) is 7.57. The molecule has 1 saturated heterocycles. The molecule has 3 rings (SSSR count). The average molecular weight is 335 g/mol. The number of fused-ring (bicyclic) bond motifs is 1. The maximum atomic E-state index is 12.4. The lowest BCUT2D eigenvalue weighted by Gasteiger charge is -2.23. The van der Waals surface area contributed by atoms with Gasteiger partial charge in [0.2, 0.25) is 5.91 Å². The monoisotopic (exact) mass is 335 g/mol. The summed E-state index contributed by atoms with van der Waals surface area (Å²) in [7, 11) is 1.62. The average Bonchev–Trinajstić information content (AvgIpc) is 3.14. The molecule has 0 spiro atoms. The lowest BCUT2D eigenvalue weighted by molar-refractivity contribution is -0.124. The zero-order valence-corrected chi connectivity index (χ0v) is 14.5. The molecule has 1 unspecified atom stereocenters.